The second kappa shape index (κ2) is 2.70. The van der Waals surface area contributed by atoms with E-state index in [1.807, 2.05) is 0 Å². The van der Waals surface area contributed by atoms with Crippen molar-refractivity contribution in [3.63, 3.8) is 0 Å². The van der Waals surface area contributed by atoms with Crippen LogP contribution in [0, 0.1) is 0 Å². The number of hydrogen-bond acceptors (Lipinski definition) is 3. The van der Waals surface area contributed by atoms with Gasteiger partial charge in [0.2, 0.25) is 0 Å². The molecule has 0 bridgehead atoms. The van der Waals surface area contributed by atoms with Crippen LogP contribution in [0.1, 0.15) is 0 Å². The predicted octanol–water partition coefficient (Wildman–Crippen LogP) is 0.990. The van der Waals surface area contributed by atoms with Crippen LogP contribution in [-0.2, 0) is 0 Å². The van der Waals surface area contributed by atoms with Gasteiger partial charge in [0.25, 0.3) is 0 Å². The number of rotatable bonds is 0. The summed E-state index contributed by atoms with van der Waals surface area (Å²) in [4.78, 5) is 19.0. The van der Waals surface area contributed by atoms with Crippen molar-refractivity contribution in [2.75, 3.05) is 0 Å². The Morgan fingerprint density at radius 1 is 0.833 bits per heavy atom. The average Bonchev–Trinajstić information content (AvgIpc) is 2.29. The van der Waals surface area contributed by atoms with Gasteiger partial charge in [-0.2, -0.15) is 0 Å². The molecule has 12 heavy (non-hydrogen) atoms. The van der Waals surface area contributed by atoms with E-state index in [9.17, 15) is 4.79 Å². The van der Waals surface area contributed by atoms with Crippen LogP contribution < -0.4 is 5.43 Å². The first-order valence-electron chi connectivity index (χ1n) is 3.57. The van der Waals surface area contributed by atoms with E-state index in [-0.39, 0.29) is 5.43 Å². The molecule has 0 aliphatic rings. The quantitative estimate of drug-likeness (QED) is 0.574. The first kappa shape index (κ1) is 6.91. The van der Waals surface area contributed by atoms with Crippen LogP contribution in [0.3, 0.4) is 0 Å². The lowest BCUT2D eigenvalue weighted by Gasteiger charge is -1.86. The van der Waals surface area contributed by atoms with Crippen molar-refractivity contribution in [1.82, 2.24) is 9.97 Å². The fourth-order valence-electron chi connectivity index (χ4n) is 0.994. The predicted molar refractivity (Wildman–Crippen MR) is 45.8 cm³/mol. The summed E-state index contributed by atoms with van der Waals surface area (Å²) < 4.78 is 0. The van der Waals surface area contributed by atoms with E-state index in [4.69, 9.17) is 0 Å². The van der Waals surface area contributed by atoms with Gasteiger partial charge in [0, 0.05) is 12.4 Å². The van der Waals surface area contributed by atoms with E-state index in [0.717, 1.165) is 11.0 Å². The molecule has 0 amide bonds. The first-order chi connectivity index (χ1) is 5.86. The van der Waals surface area contributed by atoms with Crippen LogP contribution in [0.2, 0.25) is 0 Å². The van der Waals surface area contributed by atoms with Crippen LogP contribution in [-0.4, -0.2) is 9.97 Å². The molecule has 1 aromatic heterocycles. The van der Waals surface area contributed by atoms with E-state index < -0.39 is 0 Å². The minimum atomic E-state index is -0.0326. The molecular weight excluding hydrogens is 152 g/mol. The lowest BCUT2D eigenvalue weighted by Crippen LogP contribution is -1.87. The van der Waals surface area contributed by atoms with Crippen molar-refractivity contribution in [2.45, 2.75) is 0 Å². The molecule has 2 aromatic rings. The molecular formula is C9H6N2O. The Balaban J connectivity index is 2.94. The van der Waals surface area contributed by atoms with Gasteiger partial charge >= 0.3 is 0 Å². The minimum absolute atomic E-state index is 0.0326. The Bertz CT molecular complexity index is 426. The van der Waals surface area contributed by atoms with Crippen LogP contribution in [0.25, 0.3) is 11.0 Å². The lowest BCUT2D eigenvalue weighted by molar-refractivity contribution is 1.30. The Morgan fingerprint density at radius 3 is 1.83 bits per heavy atom. The molecule has 0 saturated heterocycles. The van der Waals surface area contributed by atoms with Gasteiger partial charge in [-0.05, 0) is 24.3 Å². The largest absolute Gasteiger partial charge is 0.290 e. The number of nitrogens with zero attached hydrogens (tertiary/aromatic N) is 2. The lowest BCUT2D eigenvalue weighted by atomic mass is 10.4. The van der Waals surface area contributed by atoms with E-state index in [2.05, 4.69) is 9.97 Å². The van der Waals surface area contributed by atoms with Crippen molar-refractivity contribution >= 4 is 11.0 Å². The highest BCUT2D eigenvalue weighted by molar-refractivity contribution is 5.72. The molecule has 2 rings (SSSR count). The average molecular weight is 158 g/mol. The second-order valence-corrected chi connectivity index (χ2v) is 2.40. The highest BCUT2D eigenvalue weighted by Crippen LogP contribution is 2.01. The van der Waals surface area contributed by atoms with Gasteiger partial charge in [0.05, 0.1) is 11.0 Å². The fourth-order valence-corrected chi connectivity index (χ4v) is 0.994. The minimum Gasteiger partial charge on any atom is -0.290 e. The van der Waals surface area contributed by atoms with Gasteiger partial charge in [-0.1, -0.05) is 0 Å². The molecule has 0 unspecified atom stereocenters. The third kappa shape index (κ3) is 1.16. The Kier molecular flexibility index (Phi) is 1.55. The molecule has 0 atom stereocenters. The van der Waals surface area contributed by atoms with E-state index in [1.54, 1.807) is 24.5 Å². The van der Waals surface area contributed by atoms with Crippen LogP contribution >= 0.6 is 0 Å². The third-order valence-corrected chi connectivity index (χ3v) is 1.57. The highest BCUT2D eigenvalue weighted by atomic mass is 16.1. The van der Waals surface area contributed by atoms with Gasteiger partial charge in [-0.25, -0.2) is 0 Å². The summed E-state index contributed by atoms with van der Waals surface area (Å²) in [7, 11) is 0. The van der Waals surface area contributed by atoms with E-state index in [0.29, 0.717) is 0 Å². The van der Waals surface area contributed by atoms with Gasteiger partial charge in [0.15, 0.2) is 5.43 Å². The maximum Gasteiger partial charge on any atom is 0.178 e. The maximum absolute atomic E-state index is 10.9. The summed E-state index contributed by atoms with van der Waals surface area (Å²) in [6.07, 6.45) is 3.21. The van der Waals surface area contributed by atoms with E-state index >= 15 is 0 Å². The molecule has 1 heterocycles. The zero-order chi connectivity index (χ0) is 8.39. The molecule has 0 saturated carbocycles. The molecule has 0 aliphatic heterocycles. The van der Waals surface area contributed by atoms with Crippen LogP contribution in [0.5, 0.6) is 0 Å². The van der Waals surface area contributed by atoms with Crippen molar-refractivity contribution in [2.24, 2.45) is 0 Å². The first-order valence-corrected chi connectivity index (χ1v) is 3.57. The Morgan fingerprint density at radius 2 is 1.33 bits per heavy atom. The fraction of sp³-hybridized carbons (Fsp3) is 0. The van der Waals surface area contributed by atoms with Crippen LogP contribution in [0.4, 0.5) is 0 Å². The summed E-state index contributed by atoms with van der Waals surface area (Å²) in [5.74, 6) is 0. The van der Waals surface area contributed by atoms with Crippen LogP contribution in [0.15, 0.2) is 41.5 Å². The maximum atomic E-state index is 10.9. The van der Waals surface area contributed by atoms with Gasteiger partial charge in [-0.15, -0.1) is 0 Å². The zero-order valence-corrected chi connectivity index (χ0v) is 6.27. The molecule has 1 aromatic carbocycles. The Hall–Kier alpha value is -1.77. The highest BCUT2D eigenvalue weighted by Gasteiger charge is 1.89. The summed E-state index contributed by atoms with van der Waals surface area (Å²) in [5, 5.41) is 0. The number of aromatic nitrogens is 2. The summed E-state index contributed by atoms with van der Waals surface area (Å²) >= 11 is 0. The standard InChI is InChI=1S/C9H6N2O/c12-7-1-3-8-9(4-2-7)11-6-5-10-8/h1-6H. The number of hydrogen-bond donors (Lipinski definition) is 0. The van der Waals surface area contributed by atoms with E-state index in [1.165, 1.54) is 12.1 Å². The van der Waals surface area contributed by atoms with Crippen molar-refractivity contribution in [3.8, 4) is 0 Å². The summed E-state index contributed by atoms with van der Waals surface area (Å²) in [5.41, 5.74) is 1.44. The molecule has 0 radical (unpaired) electrons. The molecule has 3 nitrogen and oxygen atoms in total. The smallest absolute Gasteiger partial charge is 0.178 e. The molecule has 0 fully saturated rings. The van der Waals surface area contributed by atoms with Gasteiger partial charge in [0.1, 0.15) is 0 Å². The zero-order valence-electron chi connectivity index (χ0n) is 6.27. The monoisotopic (exact) mass is 158 g/mol. The molecule has 3 heteroatoms. The Labute approximate surface area is 68.7 Å². The molecule has 0 N–H and O–H groups in total. The van der Waals surface area contributed by atoms with Crippen molar-refractivity contribution < 1.29 is 0 Å². The summed E-state index contributed by atoms with van der Waals surface area (Å²) in [6, 6.07) is 6.31. The SMILES string of the molecule is O=c1ccc2nccnc2cc1. The van der Waals surface area contributed by atoms with Crippen molar-refractivity contribution in [1.29, 1.82) is 0 Å². The second-order valence-electron chi connectivity index (χ2n) is 2.40. The molecule has 0 aliphatic carbocycles. The number of fused-ring (bicyclic) bond motifs is 1. The normalized spacial score (nSPS) is 10.0. The van der Waals surface area contributed by atoms with Crippen molar-refractivity contribution in [3.05, 3.63) is 46.9 Å². The third-order valence-electron chi connectivity index (χ3n) is 1.57. The molecule has 0 spiro atoms. The topological polar surface area (TPSA) is 42.9 Å². The van der Waals surface area contributed by atoms with Gasteiger partial charge in [-0.3, -0.25) is 14.8 Å². The molecule has 58 valence electrons. The summed E-state index contributed by atoms with van der Waals surface area (Å²) in [6.45, 7) is 0. The van der Waals surface area contributed by atoms with Gasteiger partial charge < -0.3 is 0 Å².